The lowest BCUT2D eigenvalue weighted by molar-refractivity contribution is -0.110. The Morgan fingerprint density at radius 1 is 1.50 bits per heavy atom. The van der Waals surface area contributed by atoms with Gasteiger partial charge in [0.05, 0.1) is 6.04 Å². The summed E-state index contributed by atoms with van der Waals surface area (Å²) in [6.07, 6.45) is 3.44. The van der Waals surface area contributed by atoms with Crippen LogP contribution in [0.15, 0.2) is 0 Å². The Morgan fingerprint density at radius 3 is 2.62 bits per heavy atom. The molecule has 0 radical (unpaired) electrons. The van der Waals surface area contributed by atoms with Gasteiger partial charge >= 0.3 is 0 Å². The molecule has 0 aliphatic carbocycles. The molecule has 2 fully saturated rings. The van der Waals surface area contributed by atoms with Crippen molar-refractivity contribution in [2.45, 2.75) is 24.9 Å². The van der Waals surface area contributed by atoms with Gasteiger partial charge in [-0.1, -0.05) is 0 Å². The Balaban J connectivity index is 2.06. The van der Waals surface area contributed by atoms with Crippen molar-refractivity contribution in [3.63, 3.8) is 0 Å². The molecule has 44 valence electrons. The number of carbonyl (C=O) groups excluding carboxylic acids is 1. The van der Waals surface area contributed by atoms with Crippen molar-refractivity contribution in [3.8, 4) is 0 Å². The van der Waals surface area contributed by atoms with Crippen molar-refractivity contribution in [1.29, 1.82) is 0 Å². The SMILES string of the molecule is O=CC1CCC2CN12. The van der Waals surface area contributed by atoms with Crippen LogP contribution < -0.4 is 0 Å². The van der Waals surface area contributed by atoms with Crippen LogP contribution in [0.25, 0.3) is 0 Å². The molecule has 2 heterocycles. The van der Waals surface area contributed by atoms with Crippen LogP contribution >= 0.6 is 0 Å². The van der Waals surface area contributed by atoms with Crippen molar-refractivity contribution in [2.24, 2.45) is 0 Å². The largest absolute Gasteiger partial charge is 0.302 e. The van der Waals surface area contributed by atoms with E-state index >= 15 is 0 Å². The Hall–Kier alpha value is -0.370. The monoisotopic (exact) mass is 111 g/mol. The number of piperidine rings is 1. The molecule has 0 aromatic heterocycles. The third kappa shape index (κ3) is 0.436. The second-order valence-corrected chi connectivity index (χ2v) is 2.63. The van der Waals surface area contributed by atoms with Gasteiger partial charge in [-0.15, -0.1) is 0 Å². The van der Waals surface area contributed by atoms with Gasteiger partial charge in [0.2, 0.25) is 0 Å². The summed E-state index contributed by atoms with van der Waals surface area (Å²) in [6, 6.07) is 1.09. The smallest absolute Gasteiger partial charge is 0.137 e. The van der Waals surface area contributed by atoms with Gasteiger partial charge in [0, 0.05) is 12.6 Å². The van der Waals surface area contributed by atoms with Gasteiger partial charge in [0.25, 0.3) is 0 Å². The molecule has 2 nitrogen and oxygen atoms in total. The predicted octanol–water partition coefficient (Wildman–Crippen LogP) is 0.0319. The quantitative estimate of drug-likeness (QED) is 0.351. The number of carbonyl (C=O) groups is 1. The van der Waals surface area contributed by atoms with Crippen molar-refractivity contribution < 1.29 is 4.79 Å². The summed E-state index contributed by atoms with van der Waals surface area (Å²) in [5.74, 6) is 0. The van der Waals surface area contributed by atoms with Gasteiger partial charge in [0.15, 0.2) is 0 Å². The summed E-state index contributed by atoms with van der Waals surface area (Å²) >= 11 is 0. The number of rotatable bonds is 1. The standard InChI is InChI=1S/C6H9NO/c8-4-6-2-1-5-3-7(5)6/h4-6H,1-3H2. The highest BCUT2D eigenvalue weighted by atomic mass is 16.1. The Labute approximate surface area is 48.5 Å². The van der Waals surface area contributed by atoms with Crippen molar-refractivity contribution in [1.82, 2.24) is 4.90 Å². The van der Waals surface area contributed by atoms with Gasteiger partial charge in [-0.3, -0.25) is 4.90 Å². The van der Waals surface area contributed by atoms with Gasteiger partial charge < -0.3 is 4.79 Å². The molecule has 0 bridgehead atoms. The summed E-state index contributed by atoms with van der Waals surface area (Å²) in [6.45, 7) is 1.18. The number of fused-ring (bicyclic) bond motifs is 1. The third-order valence-corrected chi connectivity index (χ3v) is 2.14. The second kappa shape index (κ2) is 1.32. The van der Waals surface area contributed by atoms with Gasteiger partial charge in [-0.2, -0.15) is 0 Å². The van der Waals surface area contributed by atoms with E-state index in [1.807, 2.05) is 0 Å². The number of nitrogens with zero attached hydrogens (tertiary/aromatic N) is 1. The fraction of sp³-hybridized carbons (Fsp3) is 0.833. The van der Waals surface area contributed by atoms with Crippen LogP contribution in [0.2, 0.25) is 0 Å². The van der Waals surface area contributed by atoms with Crippen molar-refractivity contribution >= 4 is 6.29 Å². The number of aldehydes is 1. The predicted molar refractivity (Wildman–Crippen MR) is 29.6 cm³/mol. The van der Waals surface area contributed by atoms with Crippen LogP contribution in [0.1, 0.15) is 12.8 Å². The number of hydrogen-bond acceptors (Lipinski definition) is 2. The fourth-order valence-corrected chi connectivity index (χ4v) is 1.53. The molecule has 0 aromatic carbocycles. The van der Waals surface area contributed by atoms with Crippen LogP contribution in [-0.2, 0) is 4.79 Å². The fourth-order valence-electron chi connectivity index (χ4n) is 1.53. The first-order valence-corrected chi connectivity index (χ1v) is 3.13. The van der Waals surface area contributed by atoms with Crippen LogP contribution in [0, 0.1) is 0 Å². The van der Waals surface area contributed by atoms with E-state index in [9.17, 15) is 4.79 Å². The van der Waals surface area contributed by atoms with Crippen molar-refractivity contribution in [2.75, 3.05) is 6.54 Å². The summed E-state index contributed by atoms with van der Waals surface area (Å²) < 4.78 is 0. The van der Waals surface area contributed by atoms with E-state index in [1.165, 1.54) is 13.0 Å². The van der Waals surface area contributed by atoms with Gasteiger partial charge in [-0.25, -0.2) is 0 Å². The lowest BCUT2D eigenvalue weighted by Gasteiger charge is -2.00. The maximum atomic E-state index is 10.2. The zero-order chi connectivity index (χ0) is 5.56. The molecule has 2 aliphatic rings. The lowest BCUT2D eigenvalue weighted by Crippen LogP contribution is -2.15. The van der Waals surface area contributed by atoms with Crippen LogP contribution in [0.4, 0.5) is 0 Å². The molecule has 2 rings (SSSR count). The molecule has 8 heavy (non-hydrogen) atoms. The van der Waals surface area contributed by atoms with E-state index < -0.39 is 0 Å². The highest BCUT2D eigenvalue weighted by Gasteiger charge is 2.44. The molecule has 0 spiro atoms. The molecule has 2 saturated heterocycles. The summed E-state index contributed by atoms with van der Waals surface area (Å²) in [4.78, 5) is 12.5. The molecule has 3 atom stereocenters. The molecule has 2 aliphatic heterocycles. The molecular formula is C6H9NO. The number of hydrogen-bond donors (Lipinski definition) is 0. The summed E-state index contributed by atoms with van der Waals surface area (Å²) in [5, 5.41) is 0. The molecule has 0 amide bonds. The van der Waals surface area contributed by atoms with E-state index in [-0.39, 0.29) is 0 Å². The minimum atomic E-state index is 0.292. The van der Waals surface area contributed by atoms with E-state index in [1.54, 1.807) is 0 Å². The van der Waals surface area contributed by atoms with E-state index in [0.717, 1.165) is 18.7 Å². The zero-order valence-electron chi connectivity index (χ0n) is 4.71. The first kappa shape index (κ1) is 4.50. The molecular weight excluding hydrogens is 102 g/mol. The van der Waals surface area contributed by atoms with E-state index in [2.05, 4.69) is 4.90 Å². The summed E-state index contributed by atoms with van der Waals surface area (Å²) in [5.41, 5.74) is 0. The first-order valence-electron chi connectivity index (χ1n) is 3.13. The third-order valence-electron chi connectivity index (χ3n) is 2.14. The van der Waals surface area contributed by atoms with E-state index in [0.29, 0.717) is 6.04 Å². The highest BCUT2D eigenvalue weighted by Crippen LogP contribution is 2.34. The van der Waals surface area contributed by atoms with Crippen molar-refractivity contribution in [3.05, 3.63) is 0 Å². The second-order valence-electron chi connectivity index (χ2n) is 2.63. The van der Waals surface area contributed by atoms with Crippen LogP contribution in [0.5, 0.6) is 0 Å². The molecule has 0 saturated carbocycles. The Kier molecular flexibility index (Phi) is 0.742. The Morgan fingerprint density at radius 2 is 2.38 bits per heavy atom. The maximum Gasteiger partial charge on any atom is 0.137 e. The van der Waals surface area contributed by atoms with E-state index in [4.69, 9.17) is 0 Å². The van der Waals surface area contributed by atoms with Crippen LogP contribution in [-0.4, -0.2) is 29.8 Å². The van der Waals surface area contributed by atoms with Gasteiger partial charge in [-0.05, 0) is 12.8 Å². The molecule has 0 aromatic rings. The first-order chi connectivity index (χ1) is 3.92. The zero-order valence-corrected chi connectivity index (χ0v) is 4.71. The lowest BCUT2D eigenvalue weighted by atomic mass is 10.2. The minimum absolute atomic E-state index is 0.292. The average molecular weight is 111 g/mol. The molecule has 0 N–H and O–H groups in total. The van der Waals surface area contributed by atoms with Gasteiger partial charge in [0.1, 0.15) is 6.29 Å². The molecule has 3 unspecified atom stereocenters. The summed E-state index contributed by atoms with van der Waals surface area (Å²) in [7, 11) is 0. The topological polar surface area (TPSA) is 20.1 Å². The highest BCUT2D eigenvalue weighted by molar-refractivity contribution is 5.59. The normalized spacial score (nSPS) is 50.8. The minimum Gasteiger partial charge on any atom is -0.302 e. The maximum absolute atomic E-state index is 10.2. The van der Waals surface area contributed by atoms with Crippen LogP contribution in [0.3, 0.4) is 0 Å². The Bertz CT molecular complexity index is 124. The average Bonchev–Trinajstić information content (AvgIpc) is 2.46. The molecule has 2 heteroatoms.